The molecular weight excluding hydrogens is 376 g/mol. The van der Waals surface area contributed by atoms with E-state index >= 15 is 0 Å². The van der Waals surface area contributed by atoms with Crippen LogP contribution in [0, 0.1) is 0 Å². The highest BCUT2D eigenvalue weighted by Gasteiger charge is 2.25. The summed E-state index contributed by atoms with van der Waals surface area (Å²) >= 11 is 1.45. The monoisotopic (exact) mass is 398 g/mol. The predicted octanol–water partition coefficient (Wildman–Crippen LogP) is 4.23. The molecule has 0 bridgehead atoms. The van der Waals surface area contributed by atoms with Gasteiger partial charge in [-0.15, -0.1) is 11.3 Å². The molecule has 2 aromatic heterocycles. The molecule has 1 fully saturated rings. The Morgan fingerprint density at radius 1 is 1.32 bits per heavy atom. The molecule has 1 amide bonds. The molecular formula is C21H22N2O4S. The molecule has 6 nitrogen and oxygen atoms in total. The number of methoxy groups -OCH3 is 1. The second-order valence-electron chi connectivity index (χ2n) is 6.71. The van der Waals surface area contributed by atoms with Crippen LogP contribution >= 0.6 is 11.3 Å². The molecule has 0 spiro atoms. The quantitative estimate of drug-likeness (QED) is 0.596. The summed E-state index contributed by atoms with van der Waals surface area (Å²) in [6, 6.07) is 13.2. The highest BCUT2D eigenvalue weighted by molar-refractivity contribution is 7.12. The van der Waals surface area contributed by atoms with Crippen molar-refractivity contribution in [3.05, 3.63) is 58.4 Å². The summed E-state index contributed by atoms with van der Waals surface area (Å²) in [4.78, 5) is 15.5. The minimum atomic E-state index is -0.000465. The van der Waals surface area contributed by atoms with Crippen molar-refractivity contribution in [2.24, 2.45) is 0 Å². The standard InChI is InChI=1S/C21H22N2O4S/c1-25-17-8-6-15(7-9-17)19-12-16(22-27-19)13-23(14-18-4-2-10-26-18)21(24)20-5-3-11-28-20/h3,5-9,11-12,18H,2,4,10,13-14H2,1H3/t18-/m0/s1. The van der Waals surface area contributed by atoms with Gasteiger partial charge in [-0.1, -0.05) is 11.2 Å². The van der Waals surface area contributed by atoms with Gasteiger partial charge in [0.25, 0.3) is 5.91 Å². The summed E-state index contributed by atoms with van der Waals surface area (Å²) in [5.41, 5.74) is 1.63. The van der Waals surface area contributed by atoms with E-state index in [9.17, 15) is 4.79 Å². The van der Waals surface area contributed by atoms with Crippen LogP contribution in [0.5, 0.6) is 5.75 Å². The third-order valence-corrected chi connectivity index (χ3v) is 5.61. The molecule has 1 aromatic carbocycles. The first-order valence-electron chi connectivity index (χ1n) is 9.27. The third-order valence-electron chi connectivity index (χ3n) is 4.75. The zero-order valence-electron chi connectivity index (χ0n) is 15.7. The van der Waals surface area contributed by atoms with Gasteiger partial charge < -0.3 is 18.9 Å². The van der Waals surface area contributed by atoms with Crippen molar-refractivity contribution in [3.8, 4) is 17.1 Å². The van der Waals surface area contributed by atoms with Crippen molar-refractivity contribution in [1.82, 2.24) is 10.1 Å². The van der Waals surface area contributed by atoms with Gasteiger partial charge in [0.1, 0.15) is 11.4 Å². The summed E-state index contributed by atoms with van der Waals surface area (Å²) in [5.74, 6) is 1.45. The van der Waals surface area contributed by atoms with Crippen molar-refractivity contribution < 1.29 is 18.8 Å². The van der Waals surface area contributed by atoms with E-state index in [4.69, 9.17) is 14.0 Å². The summed E-state index contributed by atoms with van der Waals surface area (Å²) in [6.07, 6.45) is 2.10. The van der Waals surface area contributed by atoms with Crippen LogP contribution in [-0.4, -0.2) is 42.3 Å². The van der Waals surface area contributed by atoms with Crippen LogP contribution in [0.4, 0.5) is 0 Å². The van der Waals surface area contributed by atoms with Gasteiger partial charge in [-0.25, -0.2) is 0 Å². The molecule has 1 saturated heterocycles. The predicted molar refractivity (Wildman–Crippen MR) is 107 cm³/mol. The molecule has 4 rings (SSSR count). The Hall–Kier alpha value is -2.64. The molecule has 0 unspecified atom stereocenters. The average Bonchev–Trinajstić information content (AvgIpc) is 3.49. The van der Waals surface area contributed by atoms with Crippen molar-refractivity contribution in [2.45, 2.75) is 25.5 Å². The van der Waals surface area contributed by atoms with E-state index in [1.54, 1.807) is 12.0 Å². The van der Waals surface area contributed by atoms with Gasteiger partial charge >= 0.3 is 0 Å². The maximum Gasteiger partial charge on any atom is 0.264 e. The van der Waals surface area contributed by atoms with Gasteiger partial charge in [0, 0.05) is 24.8 Å². The van der Waals surface area contributed by atoms with Crippen LogP contribution in [0.1, 0.15) is 28.2 Å². The van der Waals surface area contributed by atoms with E-state index < -0.39 is 0 Å². The number of nitrogens with zero attached hydrogens (tertiary/aromatic N) is 2. The maximum absolute atomic E-state index is 13.0. The lowest BCUT2D eigenvalue weighted by molar-refractivity contribution is 0.0506. The highest BCUT2D eigenvalue weighted by atomic mass is 32.1. The van der Waals surface area contributed by atoms with Gasteiger partial charge in [-0.05, 0) is 48.6 Å². The molecule has 0 radical (unpaired) electrons. The molecule has 0 saturated carbocycles. The van der Waals surface area contributed by atoms with E-state index in [0.717, 1.165) is 35.6 Å². The second-order valence-corrected chi connectivity index (χ2v) is 7.66. The normalized spacial score (nSPS) is 16.2. The summed E-state index contributed by atoms with van der Waals surface area (Å²) in [5, 5.41) is 6.09. The fourth-order valence-corrected chi connectivity index (χ4v) is 3.97. The Kier molecular flexibility index (Phi) is 5.73. The lowest BCUT2D eigenvalue weighted by Gasteiger charge is -2.24. The van der Waals surface area contributed by atoms with Crippen molar-refractivity contribution in [1.29, 1.82) is 0 Å². The number of benzene rings is 1. The second kappa shape index (κ2) is 8.58. The Balaban J connectivity index is 1.51. The van der Waals surface area contributed by atoms with Crippen LogP contribution in [0.25, 0.3) is 11.3 Å². The summed E-state index contributed by atoms with van der Waals surface area (Å²) < 4.78 is 16.4. The van der Waals surface area contributed by atoms with Crippen LogP contribution in [-0.2, 0) is 11.3 Å². The zero-order chi connectivity index (χ0) is 19.3. The van der Waals surface area contributed by atoms with Crippen molar-refractivity contribution >= 4 is 17.2 Å². The number of ether oxygens (including phenoxy) is 2. The Morgan fingerprint density at radius 2 is 2.18 bits per heavy atom. The SMILES string of the molecule is COc1ccc(-c2cc(CN(C[C@@H]3CCCO3)C(=O)c3cccs3)no2)cc1. The first kappa shape index (κ1) is 18.7. The zero-order valence-corrected chi connectivity index (χ0v) is 16.5. The van der Waals surface area contributed by atoms with Crippen LogP contribution in [0.15, 0.2) is 52.4 Å². The van der Waals surface area contributed by atoms with E-state index in [1.165, 1.54) is 11.3 Å². The van der Waals surface area contributed by atoms with Gasteiger partial charge in [0.05, 0.1) is 24.6 Å². The fraction of sp³-hybridized carbons (Fsp3) is 0.333. The Morgan fingerprint density at radius 3 is 2.86 bits per heavy atom. The van der Waals surface area contributed by atoms with Crippen molar-refractivity contribution in [3.63, 3.8) is 0 Å². The number of hydrogen-bond donors (Lipinski definition) is 0. The number of aromatic nitrogens is 1. The fourth-order valence-electron chi connectivity index (χ4n) is 3.28. The summed E-state index contributed by atoms with van der Waals surface area (Å²) in [7, 11) is 1.63. The van der Waals surface area contributed by atoms with Crippen LogP contribution in [0.3, 0.4) is 0 Å². The molecule has 3 heterocycles. The van der Waals surface area contributed by atoms with Crippen LogP contribution in [0.2, 0.25) is 0 Å². The first-order chi connectivity index (χ1) is 13.7. The average molecular weight is 398 g/mol. The molecule has 28 heavy (non-hydrogen) atoms. The topological polar surface area (TPSA) is 64.8 Å². The van der Waals surface area contributed by atoms with Crippen LogP contribution < -0.4 is 4.74 Å². The largest absolute Gasteiger partial charge is 0.497 e. The van der Waals surface area contributed by atoms with E-state index in [1.807, 2.05) is 47.8 Å². The number of hydrogen-bond acceptors (Lipinski definition) is 6. The summed E-state index contributed by atoms with van der Waals surface area (Å²) in [6.45, 7) is 1.70. The third kappa shape index (κ3) is 4.26. The molecule has 146 valence electrons. The Labute approximate surface area is 167 Å². The van der Waals surface area contributed by atoms with Gasteiger partial charge in [-0.3, -0.25) is 4.79 Å². The molecule has 1 aliphatic rings. The molecule has 7 heteroatoms. The van der Waals surface area contributed by atoms with Gasteiger partial charge in [0.2, 0.25) is 0 Å². The lowest BCUT2D eigenvalue weighted by Crippen LogP contribution is -2.36. The van der Waals surface area contributed by atoms with E-state index in [0.29, 0.717) is 24.5 Å². The lowest BCUT2D eigenvalue weighted by atomic mass is 10.1. The maximum atomic E-state index is 13.0. The van der Waals surface area contributed by atoms with Crippen molar-refractivity contribution in [2.75, 3.05) is 20.3 Å². The minimum Gasteiger partial charge on any atom is -0.497 e. The number of amides is 1. The first-order valence-corrected chi connectivity index (χ1v) is 10.2. The van der Waals surface area contributed by atoms with E-state index in [2.05, 4.69) is 5.16 Å². The molecule has 3 aromatic rings. The van der Waals surface area contributed by atoms with E-state index in [-0.39, 0.29) is 12.0 Å². The number of rotatable bonds is 7. The van der Waals surface area contributed by atoms with Gasteiger partial charge in [0.15, 0.2) is 5.76 Å². The number of carbonyl (C=O) groups is 1. The minimum absolute atomic E-state index is 0.000465. The highest BCUT2D eigenvalue weighted by Crippen LogP contribution is 2.25. The number of carbonyl (C=O) groups excluding carboxylic acids is 1. The smallest absolute Gasteiger partial charge is 0.264 e. The van der Waals surface area contributed by atoms with Gasteiger partial charge in [-0.2, -0.15) is 0 Å². The molecule has 0 N–H and O–H groups in total. The Bertz CT molecular complexity index is 899. The molecule has 0 aliphatic carbocycles. The molecule has 1 atom stereocenters. The number of thiophene rings is 1. The molecule has 1 aliphatic heterocycles.